The molecule has 0 bridgehead atoms. The Morgan fingerprint density at radius 3 is 2.88 bits per heavy atom. The first-order valence-corrected chi connectivity index (χ1v) is 9.43. The van der Waals surface area contributed by atoms with Crippen molar-refractivity contribution < 1.29 is 9.84 Å². The van der Waals surface area contributed by atoms with Crippen molar-refractivity contribution in [1.82, 2.24) is 24.1 Å². The highest BCUT2D eigenvalue weighted by molar-refractivity contribution is 9.10. The van der Waals surface area contributed by atoms with Crippen LogP contribution in [0.2, 0.25) is 0 Å². The van der Waals surface area contributed by atoms with Crippen LogP contribution < -0.4 is 10.4 Å². The number of imidazole rings is 1. The highest BCUT2D eigenvalue weighted by Gasteiger charge is 2.23. The summed E-state index contributed by atoms with van der Waals surface area (Å²) < 4.78 is 11.3. The van der Waals surface area contributed by atoms with E-state index >= 15 is 0 Å². The zero-order valence-corrected chi connectivity index (χ0v) is 16.0. The molecule has 26 heavy (non-hydrogen) atoms. The molecule has 0 amide bonds. The van der Waals surface area contributed by atoms with Crippen LogP contribution in [0, 0.1) is 5.92 Å². The summed E-state index contributed by atoms with van der Waals surface area (Å²) in [7, 11) is 1.54. The molecule has 138 valence electrons. The molecule has 0 spiro atoms. The van der Waals surface area contributed by atoms with Gasteiger partial charge in [-0.15, -0.1) is 5.10 Å². The van der Waals surface area contributed by atoms with E-state index in [1.165, 1.54) is 35.2 Å². The molecule has 2 heterocycles. The van der Waals surface area contributed by atoms with Crippen molar-refractivity contribution >= 4 is 27.0 Å². The molecule has 1 aliphatic carbocycles. The minimum atomic E-state index is -0.239. The molecule has 1 fully saturated rings. The Labute approximate surface area is 158 Å². The van der Waals surface area contributed by atoms with Crippen molar-refractivity contribution in [3.05, 3.63) is 33.3 Å². The van der Waals surface area contributed by atoms with Gasteiger partial charge in [-0.05, 0) is 53.2 Å². The van der Waals surface area contributed by atoms with Gasteiger partial charge in [0.25, 0.3) is 0 Å². The van der Waals surface area contributed by atoms with Gasteiger partial charge in [-0.2, -0.15) is 0 Å². The third kappa shape index (κ3) is 3.23. The molecule has 0 radical (unpaired) electrons. The third-order valence-electron chi connectivity index (χ3n) is 4.67. The molecule has 0 aliphatic heterocycles. The Balaban J connectivity index is 1.40. The van der Waals surface area contributed by atoms with Gasteiger partial charge >= 0.3 is 5.69 Å². The van der Waals surface area contributed by atoms with Crippen LogP contribution >= 0.6 is 15.9 Å². The highest BCUT2D eigenvalue weighted by Crippen LogP contribution is 2.34. The van der Waals surface area contributed by atoms with E-state index in [0.29, 0.717) is 25.3 Å². The molecule has 3 aromatic rings. The lowest BCUT2D eigenvalue weighted by Crippen LogP contribution is -2.22. The molecule has 9 heteroatoms. The van der Waals surface area contributed by atoms with E-state index < -0.39 is 0 Å². The van der Waals surface area contributed by atoms with Crippen molar-refractivity contribution in [3.63, 3.8) is 0 Å². The van der Waals surface area contributed by atoms with Crippen molar-refractivity contribution in [2.24, 2.45) is 13.0 Å². The first-order valence-electron chi connectivity index (χ1n) is 8.64. The zero-order chi connectivity index (χ0) is 18.3. The number of rotatable bonds is 7. The molecular weight excluding hydrogens is 402 g/mol. The van der Waals surface area contributed by atoms with Crippen molar-refractivity contribution in [2.45, 2.75) is 32.4 Å². The lowest BCUT2D eigenvalue weighted by molar-refractivity contribution is 0.299. The summed E-state index contributed by atoms with van der Waals surface area (Å²) in [5.74, 6) is 1.40. The maximum absolute atomic E-state index is 11.8. The second kappa shape index (κ2) is 6.79. The second-order valence-electron chi connectivity index (χ2n) is 6.68. The van der Waals surface area contributed by atoms with Gasteiger partial charge < -0.3 is 9.84 Å². The molecule has 0 saturated heterocycles. The number of aromatic hydroxyl groups is 1. The van der Waals surface area contributed by atoms with E-state index in [1.54, 1.807) is 0 Å². The molecule has 4 rings (SSSR count). The van der Waals surface area contributed by atoms with Crippen LogP contribution in [0.25, 0.3) is 11.0 Å². The van der Waals surface area contributed by atoms with Crippen LogP contribution in [0.5, 0.6) is 11.6 Å². The smallest absolute Gasteiger partial charge is 0.330 e. The van der Waals surface area contributed by atoms with Crippen LogP contribution in [0.1, 0.15) is 19.3 Å². The number of halogens is 1. The summed E-state index contributed by atoms with van der Waals surface area (Å²) in [5.41, 5.74) is 1.56. The second-order valence-corrected chi connectivity index (χ2v) is 7.48. The number of hydrogen-bond acceptors (Lipinski definition) is 5. The molecule has 2 aromatic heterocycles. The number of benzene rings is 1. The van der Waals surface area contributed by atoms with Crippen molar-refractivity contribution in [3.8, 4) is 11.6 Å². The Kier molecular flexibility index (Phi) is 4.47. The maximum atomic E-state index is 11.8. The topological polar surface area (TPSA) is 87.1 Å². The maximum Gasteiger partial charge on any atom is 0.330 e. The SMILES string of the molecule is Cn1c(O)cn(CCCOc2ccc3c(nnn3CC3CC3)c2Br)c1=O. The molecule has 8 nitrogen and oxygen atoms in total. The minimum Gasteiger partial charge on any atom is -0.493 e. The first kappa shape index (κ1) is 17.1. The highest BCUT2D eigenvalue weighted by atomic mass is 79.9. The normalized spacial score (nSPS) is 14.2. The number of hydrogen-bond donors (Lipinski definition) is 1. The van der Waals surface area contributed by atoms with Gasteiger partial charge in [-0.3, -0.25) is 9.13 Å². The van der Waals surface area contributed by atoms with Crippen molar-refractivity contribution in [2.75, 3.05) is 6.61 Å². The largest absolute Gasteiger partial charge is 0.493 e. The first-order chi connectivity index (χ1) is 12.5. The van der Waals surface area contributed by atoms with E-state index in [4.69, 9.17) is 4.74 Å². The Morgan fingerprint density at radius 1 is 1.38 bits per heavy atom. The van der Waals surface area contributed by atoms with Gasteiger partial charge in [0.1, 0.15) is 11.3 Å². The predicted octanol–water partition coefficient (Wildman–Crippen LogP) is 2.28. The average molecular weight is 422 g/mol. The van der Waals surface area contributed by atoms with Crippen LogP contribution in [-0.2, 0) is 20.1 Å². The lowest BCUT2D eigenvalue weighted by Gasteiger charge is -2.09. The summed E-state index contributed by atoms with van der Waals surface area (Å²) in [4.78, 5) is 11.8. The molecular formula is C17H20BrN5O3. The summed E-state index contributed by atoms with van der Waals surface area (Å²) in [6.45, 7) is 1.84. The quantitative estimate of drug-likeness (QED) is 0.591. The van der Waals surface area contributed by atoms with Crippen LogP contribution in [0.3, 0.4) is 0 Å². The molecule has 1 N–H and O–H groups in total. The van der Waals surface area contributed by atoms with Gasteiger partial charge in [0.05, 0.1) is 22.8 Å². The Bertz CT molecular complexity index is 1000. The van der Waals surface area contributed by atoms with Gasteiger partial charge in [0, 0.05) is 20.1 Å². The fourth-order valence-corrected chi connectivity index (χ4v) is 3.46. The number of aromatic nitrogens is 5. The molecule has 1 saturated carbocycles. The van der Waals surface area contributed by atoms with E-state index in [2.05, 4.69) is 26.2 Å². The predicted molar refractivity (Wildman–Crippen MR) is 99.4 cm³/mol. The molecule has 0 unspecified atom stereocenters. The number of aryl methyl sites for hydroxylation is 1. The van der Waals surface area contributed by atoms with E-state index in [1.807, 2.05) is 16.8 Å². The summed E-state index contributed by atoms with van der Waals surface area (Å²) in [5, 5.41) is 18.1. The van der Waals surface area contributed by atoms with Gasteiger partial charge in [0.2, 0.25) is 5.88 Å². The third-order valence-corrected chi connectivity index (χ3v) is 5.43. The van der Waals surface area contributed by atoms with Crippen molar-refractivity contribution in [1.29, 1.82) is 0 Å². The van der Waals surface area contributed by atoms with Crippen LogP contribution in [0.4, 0.5) is 0 Å². The molecule has 1 aliphatic rings. The van der Waals surface area contributed by atoms with Gasteiger partial charge in [0.15, 0.2) is 0 Å². The number of ether oxygens (including phenoxy) is 1. The molecule has 1 aromatic carbocycles. The van der Waals surface area contributed by atoms with E-state index in [-0.39, 0.29) is 11.6 Å². The summed E-state index contributed by atoms with van der Waals surface area (Å²) >= 11 is 3.57. The van der Waals surface area contributed by atoms with E-state index in [0.717, 1.165) is 28.0 Å². The fraction of sp³-hybridized carbons (Fsp3) is 0.471. The lowest BCUT2D eigenvalue weighted by atomic mass is 10.3. The van der Waals surface area contributed by atoms with Gasteiger partial charge in [-0.1, -0.05) is 5.21 Å². The Hall–Kier alpha value is -2.29. The zero-order valence-electron chi connectivity index (χ0n) is 14.4. The van der Waals surface area contributed by atoms with Crippen LogP contribution in [-0.4, -0.2) is 35.8 Å². The Morgan fingerprint density at radius 2 is 2.19 bits per heavy atom. The summed E-state index contributed by atoms with van der Waals surface area (Å²) in [6, 6.07) is 3.90. The summed E-state index contributed by atoms with van der Waals surface area (Å²) in [6.07, 6.45) is 4.61. The molecule has 0 atom stereocenters. The number of fused-ring (bicyclic) bond motifs is 1. The average Bonchev–Trinajstić information content (AvgIpc) is 3.30. The fourth-order valence-electron chi connectivity index (χ4n) is 2.93. The standard InChI is InChI=1S/C17H20BrN5O3/c1-21-14(24)10-22(17(21)25)7-2-8-26-13-6-5-12-16(15(13)18)19-20-23(12)9-11-3-4-11/h5-6,10-11,24H,2-4,7-9H2,1H3. The van der Waals surface area contributed by atoms with Crippen LogP contribution in [0.15, 0.2) is 27.6 Å². The number of nitrogens with zero attached hydrogens (tertiary/aromatic N) is 5. The van der Waals surface area contributed by atoms with E-state index in [9.17, 15) is 9.90 Å². The monoisotopic (exact) mass is 421 g/mol. The van der Waals surface area contributed by atoms with Gasteiger partial charge in [-0.25, -0.2) is 9.48 Å². The minimum absolute atomic E-state index is 0.0431.